The van der Waals surface area contributed by atoms with Crippen LogP contribution in [0.25, 0.3) is 0 Å². The number of methoxy groups -OCH3 is 1. The number of nitrogens with one attached hydrogen (secondary N) is 2. The Labute approximate surface area is 192 Å². The molecular formula is C23H29N7O3. The van der Waals surface area contributed by atoms with Crippen molar-refractivity contribution < 1.29 is 14.3 Å². The van der Waals surface area contributed by atoms with Gasteiger partial charge >= 0.3 is 0 Å². The lowest BCUT2D eigenvalue weighted by molar-refractivity contribution is 0.101. The van der Waals surface area contributed by atoms with Crippen molar-refractivity contribution in [3.8, 4) is 5.88 Å². The number of anilines is 1. The Kier molecular flexibility index (Phi) is 6.08. The molecule has 0 bridgehead atoms. The van der Waals surface area contributed by atoms with Crippen LogP contribution in [-0.4, -0.2) is 49.3 Å². The molecule has 3 aromatic rings. The summed E-state index contributed by atoms with van der Waals surface area (Å²) < 4.78 is 12.9. The molecule has 2 N–H and O–H groups in total. The second-order valence-corrected chi connectivity index (χ2v) is 8.91. The topological polar surface area (TPSA) is 120 Å². The predicted octanol–water partition coefficient (Wildman–Crippen LogP) is 3.31. The van der Waals surface area contributed by atoms with E-state index in [1.807, 2.05) is 12.1 Å². The van der Waals surface area contributed by atoms with Crippen molar-refractivity contribution >= 4 is 11.7 Å². The highest BCUT2D eigenvalue weighted by molar-refractivity contribution is 6.02. The Morgan fingerprint density at radius 2 is 2.12 bits per heavy atom. The number of carbonyl (C=O) groups is 1. The van der Waals surface area contributed by atoms with Gasteiger partial charge in [-0.3, -0.25) is 14.6 Å². The first-order valence-corrected chi connectivity index (χ1v) is 11.5. The number of nitrogens with zero attached hydrogens (tertiary/aromatic N) is 5. The third-order valence-corrected chi connectivity index (χ3v) is 6.66. The summed E-state index contributed by atoms with van der Waals surface area (Å²) in [6.45, 7) is 0.356. The minimum absolute atomic E-state index is 0.0977. The Hall–Kier alpha value is -3.27. The van der Waals surface area contributed by atoms with Gasteiger partial charge < -0.3 is 14.8 Å². The van der Waals surface area contributed by atoms with Crippen molar-refractivity contribution in [3.63, 3.8) is 0 Å². The maximum atomic E-state index is 12.7. The summed E-state index contributed by atoms with van der Waals surface area (Å²) in [4.78, 5) is 12.7. The number of H-pyrrole nitrogens is 1. The van der Waals surface area contributed by atoms with Gasteiger partial charge in [0.05, 0.1) is 18.5 Å². The van der Waals surface area contributed by atoms with Gasteiger partial charge in [-0.2, -0.15) is 15.3 Å². The molecule has 0 saturated heterocycles. The summed E-state index contributed by atoms with van der Waals surface area (Å²) in [6, 6.07) is 5.66. The molecule has 0 radical (unpaired) electrons. The molecule has 0 aliphatic heterocycles. The van der Waals surface area contributed by atoms with Gasteiger partial charge in [-0.25, -0.2) is 0 Å². The van der Waals surface area contributed by atoms with Crippen molar-refractivity contribution in [2.45, 2.75) is 63.1 Å². The molecule has 2 saturated carbocycles. The molecular weight excluding hydrogens is 422 g/mol. The fourth-order valence-electron chi connectivity index (χ4n) is 4.69. The van der Waals surface area contributed by atoms with Gasteiger partial charge in [-0.1, -0.05) is 6.42 Å². The van der Waals surface area contributed by atoms with Crippen LogP contribution in [0.4, 0.5) is 5.82 Å². The minimum atomic E-state index is -0.260. The lowest BCUT2D eigenvalue weighted by Crippen LogP contribution is -2.17. The highest BCUT2D eigenvalue weighted by Gasteiger charge is 2.31. The molecule has 1 amide bonds. The van der Waals surface area contributed by atoms with E-state index in [2.05, 4.69) is 30.8 Å². The molecule has 5 rings (SSSR count). The average Bonchev–Trinajstić information content (AvgIpc) is 3.49. The molecule has 2 aliphatic carbocycles. The van der Waals surface area contributed by atoms with E-state index in [1.165, 1.54) is 24.8 Å². The maximum Gasteiger partial charge on any atom is 0.275 e. The van der Waals surface area contributed by atoms with Gasteiger partial charge in [0.15, 0.2) is 5.82 Å². The van der Waals surface area contributed by atoms with Crippen LogP contribution < -0.4 is 10.1 Å². The van der Waals surface area contributed by atoms with Gasteiger partial charge in [0.25, 0.3) is 5.91 Å². The van der Waals surface area contributed by atoms with E-state index in [9.17, 15) is 4.79 Å². The van der Waals surface area contributed by atoms with Crippen molar-refractivity contribution in [2.24, 2.45) is 7.05 Å². The quantitative estimate of drug-likeness (QED) is 0.539. The van der Waals surface area contributed by atoms with Gasteiger partial charge in [0, 0.05) is 37.4 Å². The fraction of sp³-hybridized carbons (Fsp3) is 0.522. The van der Waals surface area contributed by atoms with Crippen LogP contribution >= 0.6 is 0 Å². The molecule has 2 fully saturated rings. The van der Waals surface area contributed by atoms with E-state index in [-0.39, 0.29) is 12.0 Å². The smallest absolute Gasteiger partial charge is 0.275 e. The van der Waals surface area contributed by atoms with E-state index in [4.69, 9.17) is 9.47 Å². The van der Waals surface area contributed by atoms with E-state index in [0.29, 0.717) is 41.5 Å². The van der Waals surface area contributed by atoms with Crippen LogP contribution in [0.15, 0.2) is 24.4 Å². The molecule has 174 valence electrons. The third-order valence-electron chi connectivity index (χ3n) is 6.66. The zero-order valence-electron chi connectivity index (χ0n) is 19.0. The number of hydrogen-bond acceptors (Lipinski definition) is 7. The van der Waals surface area contributed by atoms with Crippen LogP contribution in [-0.2, 0) is 18.4 Å². The summed E-state index contributed by atoms with van der Waals surface area (Å²) in [5.74, 6) is 1.77. The number of aryl methyl sites for hydroxylation is 1. The van der Waals surface area contributed by atoms with Crippen LogP contribution in [0.1, 0.15) is 77.8 Å². The molecule has 0 spiro atoms. The van der Waals surface area contributed by atoms with Crippen LogP contribution in [0.5, 0.6) is 5.88 Å². The molecule has 10 heteroatoms. The first-order chi connectivity index (χ1) is 16.1. The largest absolute Gasteiger partial charge is 0.473 e. The Bertz CT molecular complexity index is 1120. The van der Waals surface area contributed by atoms with Crippen LogP contribution in [0.2, 0.25) is 0 Å². The number of ether oxygens (including phenoxy) is 2. The van der Waals surface area contributed by atoms with E-state index < -0.39 is 0 Å². The molecule has 3 heterocycles. The molecule has 0 unspecified atom stereocenters. The highest BCUT2D eigenvalue weighted by atomic mass is 16.5. The van der Waals surface area contributed by atoms with Gasteiger partial charge in [-0.05, 0) is 50.2 Å². The maximum absolute atomic E-state index is 12.7. The Balaban J connectivity index is 1.19. The van der Waals surface area contributed by atoms with Gasteiger partial charge in [0.2, 0.25) is 5.88 Å². The highest BCUT2D eigenvalue weighted by Crippen LogP contribution is 2.41. The van der Waals surface area contributed by atoms with Crippen LogP contribution in [0.3, 0.4) is 0 Å². The molecule has 3 aromatic heterocycles. The first kappa shape index (κ1) is 21.6. The van der Waals surface area contributed by atoms with Crippen molar-refractivity contribution in [2.75, 3.05) is 12.4 Å². The normalized spacial score (nSPS) is 20.5. The number of carbonyl (C=O) groups excluding carboxylic acids is 1. The van der Waals surface area contributed by atoms with Gasteiger partial charge in [-0.15, -0.1) is 5.10 Å². The first-order valence-electron chi connectivity index (χ1n) is 11.5. The van der Waals surface area contributed by atoms with Crippen LogP contribution in [0, 0.1) is 0 Å². The van der Waals surface area contributed by atoms with E-state index in [0.717, 1.165) is 25.0 Å². The number of aromatic nitrogens is 6. The summed E-state index contributed by atoms with van der Waals surface area (Å²) in [5.41, 5.74) is 3.34. The lowest BCUT2D eigenvalue weighted by Gasteiger charge is -2.27. The van der Waals surface area contributed by atoms with E-state index in [1.54, 1.807) is 31.1 Å². The number of amides is 1. The second kappa shape index (κ2) is 9.30. The standard InChI is InChI=1S/C23H29N7O3/c1-30-20(11-16(29-30)13-32-2)22(31)25-21-12-19(26-27-21)15-6-7-17(10-15)33-23-18(8-9-24-28-23)14-4-3-5-14/h8-9,11-12,14-15,17H,3-7,10,13H2,1-2H3,(H2,25,26,27,31)/t15-,17+/m1/s1. The monoisotopic (exact) mass is 451 g/mol. The zero-order valence-corrected chi connectivity index (χ0v) is 19.0. The van der Waals surface area contributed by atoms with Crippen molar-refractivity contribution in [1.82, 2.24) is 30.2 Å². The van der Waals surface area contributed by atoms with Crippen molar-refractivity contribution in [1.29, 1.82) is 0 Å². The Morgan fingerprint density at radius 1 is 1.24 bits per heavy atom. The summed E-state index contributed by atoms with van der Waals surface area (Å²) in [6.07, 6.45) is 8.33. The Morgan fingerprint density at radius 3 is 2.91 bits per heavy atom. The molecule has 33 heavy (non-hydrogen) atoms. The third kappa shape index (κ3) is 4.61. The molecule has 2 atom stereocenters. The average molecular weight is 452 g/mol. The summed E-state index contributed by atoms with van der Waals surface area (Å²) >= 11 is 0. The van der Waals surface area contributed by atoms with Crippen molar-refractivity contribution in [3.05, 3.63) is 47.0 Å². The summed E-state index contributed by atoms with van der Waals surface area (Å²) in [5, 5.41) is 22.8. The molecule has 10 nitrogen and oxygen atoms in total. The number of rotatable bonds is 8. The SMILES string of the molecule is COCc1cc(C(=O)Nc2cc([C@@H]3CC[C@H](Oc4nnccc4C4CCC4)C3)[nH]n2)n(C)n1. The summed E-state index contributed by atoms with van der Waals surface area (Å²) in [7, 11) is 3.33. The molecule has 2 aliphatic rings. The number of hydrogen-bond donors (Lipinski definition) is 2. The lowest BCUT2D eigenvalue weighted by atomic mass is 9.80. The minimum Gasteiger partial charge on any atom is -0.473 e. The predicted molar refractivity (Wildman–Crippen MR) is 120 cm³/mol. The number of aromatic amines is 1. The van der Waals surface area contributed by atoms with Gasteiger partial charge in [0.1, 0.15) is 11.8 Å². The molecule has 0 aromatic carbocycles. The zero-order chi connectivity index (χ0) is 22.8. The van der Waals surface area contributed by atoms with E-state index >= 15 is 0 Å². The fourth-order valence-corrected chi connectivity index (χ4v) is 4.69. The second-order valence-electron chi connectivity index (χ2n) is 8.91.